The molecule has 0 bridgehead atoms. The molecule has 0 saturated carbocycles. The molecule has 0 unspecified atom stereocenters. The van der Waals surface area contributed by atoms with Crippen LogP contribution in [0.25, 0.3) is 0 Å². The Labute approximate surface area is 100 Å². The Morgan fingerprint density at radius 2 is 1.88 bits per heavy atom. The summed E-state index contributed by atoms with van der Waals surface area (Å²) in [6.07, 6.45) is 1.55. The Bertz CT molecular complexity index is 320. The minimum absolute atomic E-state index is 0.210. The van der Waals surface area contributed by atoms with E-state index in [1.165, 1.54) is 4.31 Å². The predicted molar refractivity (Wildman–Crippen MR) is 66.4 cm³/mol. The number of rotatable bonds is 6. The number of unbranched alkanes of at least 4 members (excludes halogenated alkanes) is 1. The van der Waals surface area contributed by atoms with E-state index in [2.05, 4.69) is 5.32 Å². The van der Waals surface area contributed by atoms with Gasteiger partial charge in [-0.25, -0.2) is 12.7 Å². The van der Waals surface area contributed by atoms with Crippen molar-refractivity contribution >= 4 is 20.8 Å². The fourth-order valence-electron chi connectivity index (χ4n) is 1.61. The van der Waals surface area contributed by atoms with Gasteiger partial charge in [0.1, 0.15) is 0 Å². The van der Waals surface area contributed by atoms with Crippen LogP contribution in [0.1, 0.15) is 12.8 Å². The van der Waals surface area contributed by atoms with Crippen LogP contribution in [0.4, 0.5) is 0 Å². The Morgan fingerprint density at radius 1 is 1.25 bits per heavy atom. The molecule has 0 aromatic heterocycles. The van der Waals surface area contributed by atoms with Gasteiger partial charge in [-0.05, 0) is 26.4 Å². The van der Waals surface area contributed by atoms with Gasteiger partial charge in [0.25, 0.3) is 0 Å². The number of nitrogens with zero attached hydrogens (tertiary/aromatic N) is 1. The summed E-state index contributed by atoms with van der Waals surface area (Å²) < 4.78 is 36.3. The fourth-order valence-corrected chi connectivity index (χ4v) is 4.46. The zero-order valence-corrected chi connectivity index (χ0v) is 11.3. The van der Waals surface area contributed by atoms with Crippen LogP contribution in [0.3, 0.4) is 0 Å². The molecular formula is C9H20N2O3S2. The lowest BCUT2D eigenvalue weighted by atomic mass is 10.3. The van der Waals surface area contributed by atoms with E-state index < -0.39 is 20.8 Å². The first-order valence-electron chi connectivity index (χ1n) is 5.53. The molecule has 0 aromatic rings. The molecule has 1 rings (SSSR count). The van der Waals surface area contributed by atoms with Crippen molar-refractivity contribution in [2.45, 2.75) is 12.8 Å². The van der Waals surface area contributed by atoms with Crippen LogP contribution in [0, 0.1) is 0 Å². The summed E-state index contributed by atoms with van der Waals surface area (Å²) >= 11 is 0. The maximum Gasteiger partial charge on any atom is 0.214 e. The molecule has 0 atom stereocenters. The summed E-state index contributed by atoms with van der Waals surface area (Å²) in [4.78, 5) is 0. The smallest absolute Gasteiger partial charge is 0.214 e. The molecule has 0 radical (unpaired) electrons. The summed E-state index contributed by atoms with van der Waals surface area (Å²) in [5, 5.41) is 2.99. The normalized spacial score (nSPS) is 20.1. The molecule has 1 aliphatic heterocycles. The van der Waals surface area contributed by atoms with E-state index in [1.54, 1.807) is 0 Å². The highest BCUT2D eigenvalue weighted by Crippen LogP contribution is 2.09. The highest BCUT2D eigenvalue weighted by Gasteiger charge is 2.25. The third-order valence-electron chi connectivity index (χ3n) is 2.61. The second-order valence-electron chi connectivity index (χ2n) is 3.87. The largest absolute Gasteiger partial charge is 0.320 e. The zero-order chi connectivity index (χ0) is 12.0. The van der Waals surface area contributed by atoms with E-state index in [1.807, 2.05) is 7.05 Å². The van der Waals surface area contributed by atoms with Crippen molar-refractivity contribution in [2.75, 3.05) is 43.9 Å². The van der Waals surface area contributed by atoms with Gasteiger partial charge in [0, 0.05) is 35.4 Å². The summed E-state index contributed by atoms with van der Waals surface area (Å²) in [6, 6.07) is 0. The van der Waals surface area contributed by atoms with Crippen molar-refractivity contribution in [2.24, 2.45) is 0 Å². The van der Waals surface area contributed by atoms with Crippen molar-refractivity contribution in [1.82, 2.24) is 9.62 Å². The van der Waals surface area contributed by atoms with Gasteiger partial charge in [0.2, 0.25) is 10.0 Å². The molecule has 7 heteroatoms. The molecule has 5 nitrogen and oxygen atoms in total. The first kappa shape index (κ1) is 14.1. The van der Waals surface area contributed by atoms with E-state index in [4.69, 9.17) is 0 Å². The molecule has 96 valence electrons. The molecule has 1 heterocycles. The second kappa shape index (κ2) is 6.68. The lowest BCUT2D eigenvalue weighted by Crippen LogP contribution is -2.42. The molecule has 1 saturated heterocycles. The van der Waals surface area contributed by atoms with Gasteiger partial charge in [-0.1, -0.05) is 0 Å². The number of sulfonamides is 1. The molecular weight excluding hydrogens is 248 g/mol. The van der Waals surface area contributed by atoms with E-state index in [-0.39, 0.29) is 5.75 Å². The van der Waals surface area contributed by atoms with Gasteiger partial charge in [-0.2, -0.15) is 0 Å². The maximum atomic E-state index is 11.9. The van der Waals surface area contributed by atoms with E-state index in [0.29, 0.717) is 31.0 Å². The molecule has 1 aliphatic rings. The minimum Gasteiger partial charge on any atom is -0.320 e. The van der Waals surface area contributed by atoms with Gasteiger partial charge in [-0.15, -0.1) is 0 Å². The first-order chi connectivity index (χ1) is 7.56. The first-order valence-corrected chi connectivity index (χ1v) is 8.63. The average Bonchev–Trinajstić information content (AvgIpc) is 2.25. The number of hydrogen-bond acceptors (Lipinski definition) is 4. The SMILES string of the molecule is CNCCCCS(=O)(=O)N1CCS(=O)CC1. The van der Waals surface area contributed by atoms with Crippen LogP contribution in [-0.4, -0.2) is 60.9 Å². The number of nitrogens with one attached hydrogen (secondary N) is 1. The van der Waals surface area contributed by atoms with E-state index in [9.17, 15) is 12.6 Å². The van der Waals surface area contributed by atoms with Crippen LogP contribution in [0.2, 0.25) is 0 Å². The van der Waals surface area contributed by atoms with Crippen LogP contribution in [0.15, 0.2) is 0 Å². The molecule has 0 amide bonds. The second-order valence-corrected chi connectivity index (χ2v) is 7.66. The lowest BCUT2D eigenvalue weighted by molar-refractivity contribution is 0.437. The number of hydrogen-bond donors (Lipinski definition) is 1. The highest BCUT2D eigenvalue weighted by atomic mass is 32.2. The van der Waals surface area contributed by atoms with Crippen molar-refractivity contribution < 1.29 is 12.6 Å². The highest BCUT2D eigenvalue weighted by molar-refractivity contribution is 7.89. The van der Waals surface area contributed by atoms with Gasteiger partial charge >= 0.3 is 0 Å². The average molecular weight is 268 g/mol. The Hall–Kier alpha value is 0.0200. The predicted octanol–water partition coefficient (Wildman–Crippen LogP) is -0.620. The van der Waals surface area contributed by atoms with Crippen LogP contribution < -0.4 is 5.32 Å². The Morgan fingerprint density at radius 3 is 2.44 bits per heavy atom. The zero-order valence-electron chi connectivity index (χ0n) is 9.65. The molecule has 1 fully saturated rings. The summed E-state index contributed by atoms with van der Waals surface area (Å²) in [6.45, 7) is 1.68. The standard InChI is InChI=1S/C9H20N2O3S2/c1-10-4-2-3-9-16(13,14)11-5-7-15(12)8-6-11/h10H,2-9H2,1H3. The van der Waals surface area contributed by atoms with E-state index >= 15 is 0 Å². The maximum absolute atomic E-state index is 11.9. The summed E-state index contributed by atoms with van der Waals surface area (Å²) in [7, 11) is -2.08. The summed E-state index contributed by atoms with van der Waals surface area (Å²) in [5.74, 6) is 1.17. The minimum atomic E-state index is -3.12. The quantitative estimate of drug-likeness (QED) is 0.652. The van der Waals surface area contributed by atoms with Gasteiger partial charge in [-0.3, -0.25) is 4.21 Å². The molecule has 16 heavy (non-hydrogen) atoms. The van der Waals surface area contributed by atoms with Gasteiger partial charge < -0.3 is 5.32 Å². The Balaban J connectivity index is 2.35. The summed E-state index contributed by atoms with van der Waals surface area (Å²) in [5.41, 5.74) is 0. The van der Waals surface area contributed by atoms with Gasteiger partial charge in [0.15, 0.2) is 0 Å². The molecule has 1 N–H and O–H groups in total. The van der Waals surface area contributed by atoms with Crippen molar-refractivity contribution in [3.05, 3.63) is 0 Å². The van der Waals surface area contributed by atoms with Gasteiger partial charge in [0.05, 0.1) is 5.75 Å². The fraction of sp³-hybridized carbons (Fsp3) is 1.00. The molecule has 0 spiro atoms. The lowest BCUT2D eigenvalue weighted by Gasteiger charge is -2.25. The third-order valence-corrected chi connectivity index (χ3v) is 5.84. The van der Waals surface area contributed by atoms with Crippen molar-refractivity contribution in [1.29, 1.82) is 0 Å². The monoisotopic (exact) mass is 268 g/mol. The van der Waals surface area contributed by atoms with E-state index in [0.717, 1.165) is 13.0 Å². The van der Waals surface area contributed by atoms with Crippen molar-refractivity contribution in [3.63, 3.8) is 0 Å². The molecule has 0 aliphatic carbocycles. The van der Waals surface area contributed by atoms with Crippen LogP contribution in [-0.2, 0) is 20.8 Å². The van der Waals surface area contributed by atoms with Crippen LogP contribution in [0.5, 0.6) is 0 Å². The molecule has 0 aromatic carbocycles. The third kappa shape index (κ3) is 4.48. The van der Waals surface area contributed by atoms with Crippen LogP contribution >= 0.6 is 0 Å². The topological polar surface area (TPSA) is 66.5 Å². The van der Waals surface area contributed by atoms with Crippen molar-refractivity contribution in [3.8, 4) is 0 Å². The Kier molecular flexibility index (Phi) is 5.88.